The van der Waals surface area contributed by atoms with Crippen LogP contribution < -0.4 is 4.74 Å². The first-order valence-electron chi connectivity index (χ1n) is 13.5. The molecule has 3 atom stereocenters. The predicted molar refractivity (Wildman–Crippen MR) is 143 cm³/mol. The Balaban J connectivity index is 1.47. The van der Waals surface area contributed by atoms with Crippen molar-refractivity contribution in [1.29, 1.82) is 0 Å². The average molecular weight is 513 g/mol. The Morgan fingerprint density at radius 1 is 0.973 bits per heavy atom. The largest absolute Gasteiger partial charge is 0.484 e. The second kappa shape index (κ2) is 14.1. The number of amides is 1. The van der Waals surface area contributed by atoms with E-state index >= 15 is 0 Å². The van der Waals surface area contributed by atoms with E-state index in [1.54, 1.807) is 36.4 Å². The standard InChI is InChI=1S/C30H41FN2O4/c1-5-7-8-9-27(6-2)37-30(35)25-12-16-28(17-13-25)36-21-29(34)33-19-22(3)32(18-23(33)4)20-24-10-14-26(31)15-11-24/h10-17,22-23,27H,5-9,18-21H2,1-4H3. The number of unbranched alkanes of at least 4 members (excludes halogenated alkanes) is 2. The number of halogens is 1. The molecule has 1 amide bonds. The average Bonchev–Trinajstić information content (AvgIpc) is 2.90. The molecule has 7 heteroatoms. The predicted octanol–water partition coefficient (Wildman–Crippen LogP) is 5.84. The second-order valence-electron chi connectivity index (χ2n) is 10.0. The van der Waals surface area contributed by atoms with E-state index in [0.29, 0.717) is 17.9 Å². The number of hydrogen-bond donors (Lipinski definition) is 0. The lowest BCUT2D eigenvalue weighted by atomic mass is 10.1. The zero-order valence-corrected chi connectivity index (χ0v) is 22.6. The topological polar surface area (TPSA) is 59.1 Å². The van der Waals surface area contributed by atoms with Gasteiger partial charge in [-0.15, -0.1) is 0 Å². The molecular weight excluding hydrogens is 471 g/mol. The van der Waals surface area contributed by atoms with E-state index in [-0.39, 0.29) is 42.5 Å². The van der Waals surface area contributed by atoms with Crippen LogP contribution in [0.2, 0.25) is 0 Å². The van der Waals surface area contributed by atoms with E-state index in [1.807, 2.05) is 18.7 Å². The van der Waals surface area contributed by atoms with Crippen molar-refractivity contribution in [3.8, 4) is 5.75 Å². The van der Waals surface area contributed by atoms with Crippen molar-refractivity contribution in [2.75, 3.05) is 19.7 Å². The van der Waals surface area contributed by atoms with Crippen LogP contribution in [0.5, 0.6) is 5.75 Å². The number of hydrogen-bond acceptors (Lipinski definition) is 5. The molecule has 37 heavy (non-hydrogen) atoms. The SMILES string of the molecule is CCCCCC(CC)OC(=O)c1ccc(OCC(=O)N2CC(C)N(Cc3ccc(F)cc3)CC2C)cc1. The van der Waals surface area contributed by atoms with Gasteiger partial charge in [-0.2, -0.15) is 0 Å². The molecule has 0 aromatic heterocycles. The third kappa shape index (κ3) is 8.56. The lowest BCUT2D eigenvalue weighted by molar-refractivity contribution is -0.139. The van der Waals surface area contributed by atoms with Crippen LogP contribution in [0.15, 0.2) is 48.5 Å². The highest BCUT2D eigenvalue weighted by Gasteiger charge is 2.32. The highest BCUT2D eigenvalue weighted by atomic mass is 19.1. The van der Waals surface area contributed by atoms with E-state index in [2.05, 4.69) is 18.7 Å². The van der Waals surface area contributed by atoms with Crippen molar-refractivity contribution < 1.29 is 23.5 Å². The molecule has 3 unspecified atom stereocenters. The molecule has 0 bridgehead atoms. The third-order valence-corrected chi connectivity index (χ3v) is 7.05. The van der Waals surface area contributed by atoms with Gasteiger partial charge in [0, 0.05) is 31.7 Å². The smallest absolute Gasteiger partial charge is 0.338 e. The van der Waals surface area contributed by atoms with Gasteiger partial charge >= 0.3 is 5.97 Å². The second-order valence-corrected chi connectivity index (χ2v) is 10.0. The van der Waals surface area contributed by atoms with Crippen LogP contribution in [0.1, 0.15) is 75.7 Å². The molecule has 1 aliphatic rings. The van der Waals surface area contributed by atoms with E-state index in [9.17, 15) is 14.0 Å². The molecule has 202 valence electrons. The molecular formula is C30H41FN2O4. The fraction of sp³-hybridized carbons (Fsp3) is 0.533. The van der Waals surface area contributed by atoms with Gasteiger partial charge < -0.3 is 14.4 Å². The summed E-state index contributed by atoms with van der Waals surface area (Å²) < 4.78 is 24.6. The van der Waals surface area contributed by atoms with Crippen LogP contribution >= 0.6 is 0 Å². The summed E-state index contributed by atoms with van der Waals surface area (Å²) >= 11 is 0. The van der Waals surface area contributed by atoms with Crippen molar-refractivity contribution in [3.63, 3.8) is 0 Å². The molecule has 3 rings (SSSR count). The van der Waals surface area contributed by atoms with Crippen molar-refractivity contribution in [2.45, 2.75) is 84.5 Å². The molecule has 0 spiro atoms. The minimum atomic E-state index is -0.327. The number of esters is 1. The highest BCUT2D eigenvalue weighted by molar-refractivity contribution is 5.89. The van der Waals surface area contributed by atoms with E-state index in [1.165, 1.54) is 12.1 Å². The Morgan fingerprint density at radius 3 is 2.32 bits per heavy atom. The maximum Gasteiger partial charge on any atom is 0.338 e. The monoisotopic (exact) mass is 512 g/mol. The summed E-state index contributed by atoms with van der Waals surface area (Å²) in [5.41, 5.74) is 1.53. The summed E-state index contributed by atoms with van der Waals surface area (Å²) in [6, 6.07) is 13.5. The third-order valence-electron chi connectivity index (χ3n) is 7.05. The zero-order valence-electron chi connectivity index (χ0n) is 22.6. The fourth-order valence-corrected chi connectivity index (χ4v) is 4.69. The Kier molecular flexibility index (Phi) is 10.9. The number of carbonyl (C=O) groups excluding carboxylic acids is 2. The molecule has 1 heterocycles. The van der Waals surface area contributed by atoms with Gasteiger partial charge in [0.05, 0.1) is 5.56 Å². The summed E-state index contributed by atoms with van der Waals surface area (Å²) in [5, 5.41) is 0. The van der Waals surface area contributed by atoms with Crippen LogP contribution in [-0.2, 0) is 16.1 Å². The summed E-state index contributed by atoms with van der Waals surface area (Å²) in [7, 11) is 0. The number of ether oxygens (including phenoxy) is 2. The Morgan fingerprint density at radius 2 is 1.68 bits per heavy atom. The van der Waals surface area contributed by atoms with Gasteiger partial charge in [0.1, 0.15) is 17.7 Å². The summed E-state index contributed by atoms with van der Waals surface area (Å²) in [6.45, 7) is 10.3. The number of nitrogens with zero attached hydrogens (tertiary/aromatic N) is 2. The normalized spacial score (nSPS) is 18.9. The van der Waals surface area contributed by atoms with Crippen LogP contribution in [0, 0.1) is 5.82 Å². The summed E-state index contributed by atoms with van der Waals surface area (Å²) in [4.78, 5) is 29.6. The van der Waals surface area contributed by atoms with Crippen LogP contribution in [0.25, 0.3) is 0 Å². The molecule has 0 N–H and O–H groups in total. The number of carbonyl (C=O) groups is 2. The summed E-state index contributed by atoms with van der Waals surface area (Å²) in [5.74, 6) is -0.0944. The summed E-state index contributed by atoms with van der Waals surface area (Å²) in [6.07, 6.45) is 4.97. The molecule has 1 fully saturated rings. The number of piperazine rings is 1. The van der Waals surface area contributed by atoms with Crippen molar-refractivity contribution in [2.24, 2.45) is 0 Å². The number of rotatable bonds is 12. The first kappa shape index (κ1) is 28.6. The molecule has 0 aliphatic carbocycles. The first-order valence-corrected chi connectivity index (χ1v) is 13.5. The Hall–Kier alpha value is -2.93. The minimum absolute atomic E-state index is 0.0359. The zero-order chi connectivity index (χ0) is 26.8. The lowest BCUT2D eigenvalue weighted by Gasteiger charge is -2.44. The minimum Gasteiger partial charge on any atom is -0.484 e. The van der Waals surface area contributed by atoms with Crippen molar-refractivity contribution >= 4 is 11.9 Å². The van der Waals surface area contributed by atoms with E-state index in [4.69, 9.17) is 9.47 Å². The molecule has 6 nitrogen and oxygen atoms in total. The maximum atomic E-state index is 13.2. The van der Waals surface area contributed by atoms with Crippen LogP contribution in [0.4, 0.5) is 4.39 Å². The molecule has 0 saturated carbocycles. The molecule has 0 radical (unpaired) electrons. The Labute approximate surface area is 220 Å². The van der Waals surface area contributed by atoms with Gasteiger partial charge in [0.25, 0.3) is 5.91 Å². The van der Waals surface area contributed by atoms with Crippen LogP contribution in [0.3, 0.4) is 0 Å². The van der Waals surface area contributed by atoms with Crippen LogP contribution in [-0.4, -0.2) is 59.6 Å². The van der Waals surface area contributed by atoms with Gasteiger partial charge in [-0.05, 0) is 75.1 Å². The highest BCUT2D eigenvalue weighted by Crippen LogP contribution is 2.20. The molecule has 1 aliphatic heterocycles. The maximum absolute atomic E-state index is 13.2. The molecule has 2 aromatic rings. The Bertz CT molecular complexity index is 996. The van der Waals surface area contributed by atoms with Gasteiger partial charge in [-0.1, -0.05) is 38.8 Å². The van der Waals surface area contributed by atoms with Crippen molar-refractivity contribution in [3.05, 3.63) is 65.5 Å². The van der Waals surface area contributed by atoms with Gasteiger partial charge in [0.15, 0.2) is 6.61 Å². The van der Waals surface area contributed by atoms with E-state index in [0.717, 1.165) is 50.8 Å². The molecule has 1 saturated heterocycles. The lowest BCUT2D eigenvalue weighted by Crippen LogP contribution is -2.58. The number of benzene rings is 2. The van der Waals surface area contributed by atoms with E-state index < -0.39 is 0 Å². The van der Waals surface area contributed by atoms with Crippen molar-refractivity contribution in [1.82, 2.24) is 9.80 Å². The van der Waals surface area contributed by atoms with Gasteiger partial charge in [-0.25, -0.2) is 9.18 Å². The van der Waals surface area contributed by atoms with Gasteiger partial charge in [0.2, 0.25) is 0 Å². The molecule has 2 aromatic carbocycles. The quantitative estimate of drug-likeness (QED) is 0.264. The van der Waals surface area contributed by atoms with Gasteiger partial charge in [-0.3, -0.25) is 9.69 Å². The first-order chi connectivity index (χ1) is 17.8. The fourth-order valence-electron chi connectivity index (χ4n) is 4.69.